The molecule has 0 spiro atoms. The highest BCUT2D eigenvalue weighted by atomic mass is 19.4. The molecular formula is C33H27F3N6O3. The molecule has 3 amide bonds. The summed E-state index contributed by atoms with van der Waals surface area (Å²) < 4.78 is 39.0. The summed E-state index contributed by atoms with van der Waals surface area (Å²) >= 11 is 0. The van der Waals surface area contributed by atoms with Gasteiger partial charge in [0.2, 0.25) is 0 Å². The van der Waals surface area contributed by atoms with Crippen LogP contribution in [0.5, 0.6) is 0 Å². The van der Waals surface area contributed by atoms with Crippen LogP contribution in [0.4, 0.5) is 19.0 Å². The fourth-order valence-corrected chi connectivity index (χ4v) is 4.56. The number of aromatic nitrogens is 3. The molecular weight excluding hydrogens is 585 g/mol. The van der Waals surface area contributed by atoms with Crippen molar-refractivity contribution in [2.24, 2.45) is 0 Å². The molecule has 45 heavy (non-hydrogen) atoms. The molecule has 0 saturated carbocycles. The SMILES string of the molecule is CCN(C)C(=O)[C@@H](NC(=O)c1ccc2nc(NC(=O)c3cccnc3-c3ccc(C(F)(F)F)cc3)ccc2c1)c1ccccn1. The van der Waals surface area contributed by atoms with Crippen LogP contribution in [0, 0.1) is 0 Å². The van der Waals surface area contributed by atoms with Crippen molar-refractivity contribution < 1.29 is 27.6 Å². The van der Waals surface area contributed by atoms with E-state index in [1.54, 1.807) is 67.8 Å². The van der Waals surface area contributed by atoms with Gasteiger partial charge in [0.05, 0.1) is 28.0 Å². The third-order valence-corrected chi connectivity index (χ3v) is 7.09. The van der Waals surface area contributed by atoms with E-state index >= 15 is 0 Å². The first-order valence-electron chi connectivity index (χ1n) is 13.9. The van der Waals surface area contributed by atoms with Crippen molar-refractivity contribution in [2.75, 3.05) is 18.9 Å². The number of anilines is 1. The first-order valence-corrected chi connectivity index (χ1v) is 13.9. The first-order chi connectivity index (χ1) is 21.5. The highest BCUT2D eigenvalue weighted by Crippen LogP contribution is 2.31. The van der Waals surface area contributed by atoms with Crippen molar-refractivity contribution in [2.45, 2.75) is 19.1 Å². The number of nitrogens with one attached hydrogen (secondary N) is 2. The van der Waals surface area contributed by atoms with Crippen LogP contribution in [0.1, 0.15) is 44.9 Å². The number of carbonyl (C=O) groups is 3. The van der Waals surface area contributed by atoms with E-state index in [1.807, 2.05) is 6.92 Å². The van der Waals surface area contributed by atoms with E-state index in [1.165, 1.54) is 29.3 Å². The van der Waals surface area contributed by atoms with E-state index in [0.717, 1.165) is 12.1 Å². The summed E-state index contributed by atoms with van der Waals surface area (Å²) in [5.41, 5.74) is 1.10. The van der Waals surface area contributed by atoms with Gasteiger partial charge < -0.3 is 15.5 Å². The molecule has 0 bridgehead atoms. The largest absolute Gasteiger partial charge is 0.416 e. The maximum Gasteiger partial charge on any atom is 0.416 e. The van der Waals surface area contributed by atoms with Crippen LogP contribution < -0.4 is 10.6 Å². The van der Waals surface area contributed by atoms with Gasteiger partial charge in [-0.3, -0.25) is 24.4 Å². The quantitative estimate of drug-likeness (QED) is 0.225. The average molecular weight is 613 g/mol. The Hall–Kier alpha value is -5.65. The summed E-state index contributed by atoms with van der Waals surface area (Å²) in [6, 6.07) is 19.7. The minimum absolute atomic E-state index is 0.150. The third-order valence-electron chi connectivity index (χ3n) is 7.09. The standard InChI is InChI=1S/C33H27F3N6O3/c1-3-42(2)32(45)29(26-8-4-5-17-37-26)41-30(43)22-11-15-25-21(19-22)12-16-27(39-25)40-31(44)24-7-6-18-38-28(24)20-9-13-23(14-10-20)33(34,35)36/h4-19,29H,3H2,1-2H3,(H,41,43)(H,39,40,44)/t29-/m0/s1. The zero-order valence-corrected chi connectivity index (χ0v) is 24.2. The number of pyridine rings is 3. The molecule has 0 radical (unpaired) electrons. The van der Waals surface area contributed by atoms with Gasteiger partial charge in [0.15, 0.2) is 6.04 Å². The number of amides is 3. The minimum Gasteiger partial charge on any atom is -0.344 e. The average Bonchev–Trinajstić information content (AvgIpc) is 3.06. The lowest BCUT2D eigenvalue weighted by molar-refractivity contribution is -0.137. The molecule has 0 aliphatic rings. The molecule has 1 atom stereocenters. The molecule has 0 unspecified atom stereocenters. The second-order valence-electron chi connectivity index (χ2n) is 10.0. The molecule has 5 rings (SSSR count). The number of alkyl halides is 3. The Morgan fingerprint density at radius 3 is 2.31 bits per heavy atom. The number of hydrogen-bond acceptors (Lipinski definition) is 6. The number of halogens is 3. The van der Waals surface area contributed by atoms with Crippen molar-refractivity contribution in [1.29, 1.82) is 0 Å². The lowest BCUT2D eigenvalue weighted by Crippen LogP contribution is -2.41. The van der Waals surface area contributed by atoms with Crippen LogP contribution in [0.15, 0.2) is 97.3 Å². The van der Waals surface area contributed by atoms with Crippen LogP contribution in [0.25, 0.3) is 22.2 Å². The van der Waals surface area contributed by atoms with Gasteiger partial charge in [0.25, 0.3) is 17.7 Å². The summed E-state index contributed by atoms with van der Waals surface area (Å²) in [6.45, 7) is 2.28. The molecule has 12 heteroatoms. The molecule has 0 aliphatic carbocycles. The maximum absolute atomic E-state index is 13.2. The highest BCUT2D eigenvalue weighted by Gasteiger charge is 2.30. The van der Waals surface area contributed by atoms with Crippen molar-refractivity contribution in [3.8, 4) is 11.3 Å². The molecule has 0 aliphatic heterocycles. The zero-order valence-electron chi connectivity index (χ0n) is 24.2. The number of rotatable bonds is 8. The van der Waals surface area contributed by atoms with Crippen molar-refractivity contribution in [1.82, 2.24) is 25.2 Å². The summed E-state index contributed by atoms with van der Waals surface area (Å²) in [7, 11) is 1.65. The lowest BCUT2D eigenvalue weighted by Gasteiger charge is -2.23. The van der Waals surface area contributed by atoms with E-state index in [2.05, 4.69) is 25.6 Å². The lowest BCUT2D eigenvalue weighted by atomic mass is 10.0. The number of likely N-dealkylation sites (N-methyl/N-ethyl adjacent to an activating group) is 1. The molecule has 2 aromatic carbocycles. The Morgan fingerprint density at radius 2 is 1.62 bits per heavy atom. The topological polar surface area (TPSA) is 117 Å². The summed E-state index contributed by atoms with van der Waals surface area (Å²) in [5.74, 6) is -1.11. The first kappa shape index (κ1) is 30.8. The normalized spacial score (nSPS) is 11.9. The number of fused-ring (bicyclic) bond motifs is 1. The van der Waals surface area contributed by atoms with Crippen molar-refractivity contribution in [3.63, 3.8) is 0 Å². The molecule has 3 heterocycles. The van der Waals surface area contributed by atoms with E-state index in [0.29, 0.717) is 34.3 Å². The van der Waals surface area contributed by atoms with Crippen molar-refractivity contribution in [3.05, 3.63) is 120 Å². The van der Waals surface area contributed by atoms with Gasteiger partial charge in [-0.15, -0.1) is 0 Å². The van der Waals surface area contributed by atoms with Crippen LogP contribution >= 0.6 is 0 Å². The monoisotopic (exact) mass is 612 g/mol. The number of benzene rings is 2. The van der Waals surface area contributed by atoms with E-state index < -0.39 is 29.6 Å². The van der Waals surface area contributed by atoms with Gasteiger partial charge in [0.1, 0.15) is 5.82 Å². The molecule has 0 fully saturated rings. The van der Waals surface area contributed by atoms with Gasteiger partial charge >= 0.3 is 6.18 Å². The maximum atomic E-state index is 13.2. The number of carbonyl (C=O) groups excluding carboxylic acids is 3. The molecule has 5 aromatic rings. The van der Waals surface area contributed by atoms with Crippen LogP contribution in [-0.4, -0.2) is 51.2 Å². The smallest absolute Gasteiger partial charge is 0.344 e. The predicted molar refractivity (Wildman–Crippen MR) is 162 cm³/mol. The second-order valence-corrected chi connectivity index (χ2v) is 10.0. The van der Waals surface area contributed by atoms with Gasteiger partial charge in [-0.1, -0.05) is 18.2 Å². The number of nitrogens with zero attached hydrogens (tertiary/aromatic N) is 4. The fraction of sp³-hybridized carbons (Fsp3) is 0.152. The highest BCUT2D eigenvalue weighted by molar-refractivity contribution is 6.08. The summed E-state index contributed by atoms with van der Waals surface area (Å²) in [5, 5.41) is 6.10. The summed E-state index contributed by atoms with van der Waals surface area (Å²) in [4.78, 5) is 53.9. The van der Waals surface area contributed by atoms with Crippen LogP contribution in [0.3, 0.4) is 0 Å². The van der Waals surface area contributed by atoms with Gasteiger partial charge in [-0.2, -0.15) is 13.2 Å². The van der Waals surface area contributed by atoms with Crippen LogP contribution in [-0.2, 0) is 11.0 Å². The molecule has 228 valence electrons. The Kier molecular flexibility index (Phi) is 8.84. The van der Waals surface area contributed by atoms with Gasteiger partial charge in [-0.05, 0) is 73.7 Å². The molecule has 2 N–H and O–H groups in total. The number of hydrogen-bond donors (Lipinski definition) is 2. The van der Waals surface area contributed by atoms with E-state index in [-0.39, 0.29) is 23.0 Å². The Labute approximate surface area is 256 Å². The Morgan fingerprint density at radius 1 is 0.867 bits per heavy atom. The molecule has 0 saturated heterocycles. The molecule has 3 aromatic heterocycles. The molecule has 9 nitrogen and oxygen atoms in total. The second kappa shape index (κ2) is 12.9. The Balaban J connectivity index is 1.34. The van der Waals surface area contributed by atoms with Gasteiger partial charge in [-0.25, -0.2) is 4.98 Å². The Bertz CT molecular complexity index is 1860. The third kappa shape index (κ3) is 6.96. The van der Waals surface area contributed by atoms with Gasteiger partial charge in [0, 0.05) is 42.5 Å². The van der Waals surface area contributed by atoms with Crippen LogP contribution in [0.2, 0.25) is 0 Å². The zero-order chi connectivity index (χ0) is 32.1. The minimum atomic E-state index is -4.48. The fourth-order valence-electron chi connectivity index (χ4n) is 4.56. The van der Waals surface area contributed by atoms with E-state index in [4.69, 9.17) is 0 Å². The van der Waals surface area contributed by atoms with Crippen molar-refractivity contribution >= 4 is 34.4 Å². The summed E-state index contributed by atoms with van der Waals surface area (Å²) in [6.07, 6.45) is -1.49. The van der Waals surface area contributed by atoms with E-state index in [9.17, 15) is 27.6 Å². The predicted octanol–water partition coefficient (Wildman–Crippen LogP) is 5.91.